The van der Waals surface area contributed by atoms with E-state index < -0.39 is 17.5 Å². The van der Waals surface area contributed by atoms with Gasteiger partial charge in [0.2, 0.25) is 0 Å². The van der Waals surface area contributed by atoms with Crippen molar-refractivity contribution in [3.05, 3.63) is 35.1 Å². The van der Waals surface area contributed by atoms with Crippen LogP contribution in [-0.2, 0) is 0 Å². The average molecular weight is 233 g/mol. The van der Waals surface area contributed by atoms with Crippen molar-refractivity contribution in [2.24, 2.45) is 0 Å². The first-order chi connectivity index (χ1) is 7.45. The van der Waals surface area contributed by atoms with E-state index in [0.29, 0.717) is 5.56 Å². The van der Waals surface area contributed by atoms with Gasteiger partial charge in [0.25, 0.3) is 0 Å². The first-order valence-corrected chi connectivity index (χ1v) is 4.97. The lowest BCUT2D eigenvalue weighted by atomic mass is 10.1. The fourth-order valence-corrected chi connectivity index (χ4v) is 1.40. The largest absolute Gasteiger partial charge is 0.395 e. The number of rotatable bonds is 4. The third-order valence-electron chi connectivity index (χ3n) is 2.31. The van der Waals surface area contributed by atoms with Gasteiger partial charge in [-0.3, -0.25) is 0 Å². The number of nitrogens with one attached hydrogen (secondary N) is 1. The van der Waals surface area contributed by atoms with Gasteiger partial charge in [-0.15, -0.1) is 0 Å². The molecule has 0 aromatic heterocycles. The molecule has 0 aliphatic rings. The first kappa shape index (κ1) is 13.0. The SMILES string of the molecule is CC(N[C@@H](C)CO)c1cc(F)c(F)c(F)c1. The standard InChI is InChI=1S/C11H14F3NO/c1-6(5-16)15-7(2)8-3-9(12)11(14)10(13)4-8/h3-4,6-7,15-16H,5H2,1-2H3/t6-,7?/m0/s1. The monoisotopic (exact) mass is 233 g/mol. The van der Waals surface area contributed by atoms with Crippen molar-refractivity contribution in [1.82, 2.24) is 5.32 Å². The molecule has 0 aliphatic heterocycles. The highest BCUT2D eigenvalue weighted by molar-refractivity contribution is 5.22. The van der Waals surface area contributed by atoms with Gasteiger partial charge in [0.05, 0.1) is 6.61 Å². The molecule has 2 atom stereocenters. The summed E-state index contributed by atoms with van der Waals surface area (Å²) in [4.78, 5) is 0. The van der Waals surface area contributed by atoms with Crippen LogP contribution in [-0.4, -0.2) is 17.8 Å². The molecule has 1 rings (SSSR count). The van der Waals surface area contributed by atoms with E-state index in [-0.39, 0.29) is 18.7 Å². The normalized spacial score (nSPS) is 14.9. The number of hydrogen-bond acceptors (Lipinski definition) is 2. The second-order valence-corrected chi connectivity index (χ2v) is 3.77. The van der Waals surface area contributed by atoms with Crippen LogP contribution in [0.3, 0.4) is 0 Å². The Balaban J connectivity index is 2.88. The van der Waals surface area contributed by atoms with E-state index in [1.54, 1.807) is 13.8 Å². The Morgan fingerprint density at radius 1 is 1.19 bits per heavy atom. The summed E-state index contributed by atoms with van der Waals surface area (Å²) in [5, 5.41) is 11.7. The molecule has 16 heavy (non-hydrogen) atoms. The van der Waals surface area contributed by atoms with Crippen molar-refractivity contribution < 1.29 is 18.3 Å². The number of aliphatic hydroxyl groups excluding tert-OH is 1. The zero-order valence-corrected chi connectivity index (χ0v) is 9.10. The summed E-state index contributed by atoms with van der Waals surface area (Å²) in [6.45, 7) is 3.32. The minimum atomic E-state index is -1.47. The minimum Gasteiger partial charge on any atom is -0.395 e. The molecule has 5 heteroatoms. The van der Waals surface area contributed by atoms with Gasteiger partial charge in [-0.25, -0.2) is 13.2 Å². The van der Waals surface area contributed by atoms with Gasteiger partial charge in [-0.2, -0.15) is 0 Å². The predicted molar refractivity (Wildman–Crippen MR) is 54.4 cm³/mol. The number of aliphatic hydroxyl groups is 1. The van der Waals surface area contributed by atoms with Gasteiger partial charge in [-0.05, 0) is 31.5 Å². The van der Waals surface area contributed by atoms with Gasteiger partial charge in [0.15, 0.2) is 17.5 Å². The van der Waals surface area contributed by atoms with E-state index in [1.807, 2.05) is 0 Å². The molecular weight excluding hydrogens is 219 g/mol. The van der Waals surface area contributed by atoms with Gasteiger partial charge in [-0.1, -0.05) is 0 Å². The quantitative estimate of drug-likeness (QED) is 0.781. The molecule has 1 unspecified atom stereocenters. The Labute approximate surface area is 92.1 Å². The molecular formula is C11H14F3NO. The fourth-order valence-electron chi connectivity index (χ4n) is 1.40. The lowest BCUT2D eigenvalue weighted by molar-refractivity contribution is 0.243. The third kappa shape index (κ3) is 2.96. The summed E-state index contributed by atoms with van der Waals surface area (Å²) in [6.07, 6.45) is 0. The van der Waals surface area contributed by atoms with Crippen LogP contribution in [0.15, 0.2) is 12.1 Å². The van der Waals surface area contributed by atoms with Crippen molar-refractivity contribution in [2.75, 3.05) is 6.61 Å². The molecule has 2 N–H and O–H groups in total. The molecule has 0 heterocycles. The first-order valence-electron chi connectivity index (χ1n) is 4.97. The zero-order valence-electron chi connectivity index (χ0n) is 9.10. The van der Waals surface area contributed by atoms with Crippen LogP contribution in [0, 0.1) is 17.5 Å². The second kappa shape index (κ2) is 5.32. The molecule has 0 aliphatic carbocycles. The highest BCUT2D eigenvalue weighted by atomic mass is 19.2. The molecule has 1 aromatic carbocycles. The van der Waals surface area contributed by atoms with Crippen molar-refractivity contribution in [1.29, 1.82) is 0 Å². The Morgan fingerprint density at radius 3 is 2.12 bits per heavy atom. The minimum absolute atomic E-state index is 0.0868. The molecule has 0 fully saturated rings. The lowest BCUT2D eigenvalue weighted by Crippen LogP contribution is -2.31. The maximum atomic E-state index is 12.9. The van der Waals surface area contributed by atoms with E-state index in [9.17, 15) is 13.2 Å². The van der Waals surface area contributed by atoms with E-state index in [0.717, 1.165) is 12.1 Å². The third-order valence-corrected chi connectivity index (χ3v) is 2.31. The maximum Gasteiger partial charge on any atom is 0.194 e. The van der Waals surface area contributed by atoms with Crippen LogP contribution in [0.5, 0.6) is 0 Å². The summed E-state index contributed by atoms with van der Waals surface area (Å²) >= 11 is 0. The number of benzene rings is 1. The molecule has 0 radical (unpaired) electrons. The molecule has 1 aromatic rings. The van der Waals surface area contributed by atoms with Crippen molar-refractivity contribution >= 4 is 0 Å². The number of halogens is 3. The van der Waals surface area contributed by atoms with Crippen LogP contribution in [0.2, 0.25) is 0 Å². The Hall–Kier alpha value is -1.07. The average Bonchev–Trinajstić information content (AvgIpc) is 2.24. The summed E-state index contributed by atoms with van der Waals surface area (Å²) in [5.74, 6) is -3.88. The van der Waals surface area contributed by atoms with Crippen LogP contribution >= 0.6 is 0 Å². The van der Waals surface area contributed by atoms with E-state index >= 15 is 0 Å². The number of hydrogen-bond donors (Lipinski definition) is 2. The maximum absolute atomic E-state index is 12.9. The fraction of sp³-hybridized carbons (Fsp3) is 0.455. The van der Waals surface area contributed by atoms with Crippen LogP contribution in [0.4, 0.5) is 13.2 Å². The van der Waals surface area contributed by atoms with Crippen molar-refractivity contribution in [3.63, 3.8) is 0 Å². The van der Waals surface area contributed by atoms with E-state index in [1.165, 1.54) is 0 Å². The highest BCUT2D eigenvalue weighted by Gasteiger charge is 2.15. The topological polar surface area (TPSA) is 32.3 Å². The Morgan fingerprint density at radius 2 is 1.69 bits per heavy atom. The van der Waals surface area contributed by atoms with Gasteiger partial charge < -0.3 is 10.4 Å². The predicted octanol–water partition coefficient (Wildman–Crippen LogP) is 2.14. The van der Waals surface area contributed by atoms with E-state index in [2.05, 4.69) is 5.32 Å². The van der Waals surface area contributed by atoms with Crippen molar-refractivity contribution in [3.8, 4) is 0 Å². The second-order valence-electron chi connectivity index (χ2n) is 3.77. The smallest absolute Gasteiger partial charge is 0.194 e. The van der Waals surface area contributed by atoms with Crippen molar-refractivity contribution in [2.45, 2.75) is 25.9 Å². The van der Waals surface area contributed by atoms with Gasteiger partial charge in [0, 0.05) is 12.1 Å². The Kier molecular flexibility index (Phi) is 4.32. The molecule has 0 saturated heterocycles. The molecule has 2 nitrogen and oxygen atoms in total. The molecule has 0 saturated carbocycles. The molecule has 90 valence electrons. The molecule has 0 bridgehead atoms. The molecule has 0 amide bonds. The summed E-state index contributed by atoms with van der Waals surface area (Å²) < 4.78 is 38.5. The summed E-state index contributed by atoms with van der Waals surface area (Å²) in [7, 11) is 0. The zero-order chi connectivity index (χ0) is 12.3. The van der Waals surface area contributed by atoms with Gasteiger partial charge in [0.1, 0.15) is 0 Å². The molecule has 0 spiro atoms. The lowest BCUT2D eigenvalue weighted by Gasteiger charge is -2.18. The van der Waals surface area contributed by atoms with Crippen LogP contribution in [0.1, 0.15) is 25.5 Å². The van der Waals surface area contributed by atoms with Crippen LogP contribution in [0.25, 0.3) is 0 Å². The summed E-state index contributed by atoms with van der Waals surface area (Å²) in [5.41, 5.74) is 0.303. The van der Waals surface area contributed by atoms with Crippen LogP contribution < -0.4 is 5.32 Å². The Bertz CT molecular complexity index is 347. The van der Waals surface area contributed by atoms with Gasteiger partial charge >= 0.3 is 0 Å². The summed E-state index contributed by atoms with van der Waals surface area (Å²) in [6, 6.07) is 1.32. The van der Waals surface area contributed by atoms with E-state index in [4.69, 9.17) is 5.11 Å². The highest BCUT2D eigenvalue weighted by Crippen LogP contribution is 2.19.